The molecule has 3 aromatic heterocycles. The number of amides is 5. The molecule has 2 aromatic carbocycles. The number of nitrogens with one attached hydrogen (secondary N) is 5. The molecule has 2 aliphatic rings. The third-order valence-electron chi connectivity index (χ3n) is 14.7. The molecular formula is C58H61N8O16-. The molecule has 5 aromatic rings. The molecule has 430 valence electrons. The first kappa shape index (κ1) is 59.7. The van der Waals surface area contributed by atoms with Gasteiger partial charge in [0.25, 0.3) is 5.91 Å². The van der Waals surface area contributed by atoms with E-state index in [1.165, 1.54) is 86.5 Å². The minimum atomic E-state index is -1.57. The Kier molecular flexibility index (Phi) is 18.2. The molecule has 0 saturated heterocycles. The Morgan fingerprint density at radius 2 is 1.04 bits per heavy atom. The summed E-state index contributed by atoms with van der Waals surface area (Å²) in [5, 5.41) is 68.3. The molecule has 5 amide bonds. The number of aromatic carboxylic acids is 1. The van der Waals surface area contributed by atoms with Crippen LogP contribution in [0.5, 0.6) is 23.0 Å². The summed E-state index contributed by atoms with van der Waals surface area (Å²) in [5.74, 6) is -6.79. The third-order valence-corrected chi connectivity index (χ3v) is 14.7. The monoisotopic (exact) mass is 1130 g/mol. The van der Waals surface area contributed by atoms with Crippen LogP contribution in [0.25, 0.3) is 33.4 Å². The molecule has 4 heterocycles. The van der Waals surface area contributed by atoms with Crippen molar-refractivity contribution in [2.45, 2.75) is 90.9 Å². The van der Waals surface area contributed by atoms with E-state index >= 15 is 0 Å². The highest BCUT2D eigenvalue weighted by Crippen LogP contribution is 2.42. The van der Waals surface area contributed by atoms with E-state index in [-0.39, 0.29) is 115 Å². The Labute approximate surface area is 467 Å². The smallest absolute Gasteiger partial charge is 0.336 e. The minimum Gasteiger partial charge on any atom is -0.872 e. The first-order valence-corrected chi connectivity index (χ1v) is 25.9. The van der Waals surface area contributed by atoms with Gasteiger partial charge in [0.2, 0.25) is 39.9 Å². The van der Waals surface area contributed by atoms with Gasteiger partial charge >= 0.3 is 5.97 Å². The van der Waals surface area contributed by atoms with E-state index in [1.807, 2.05) is 0 Å². The molecule has 7 rings (SSSR count). The van der Waals surface area contributed by atoms with Crippen molar-refractivity contribution in [3.63, 3.8) is 0 Å². The molecule has 1 aliphatic heterocycles. The van der Waals surface area contributed by atoms with Crippen molar-refractivity contribution in [1.82, 2.24) is 40.3 Å². The largest absolute Gasteiger partial charge is 0.872 e. The van der Waals surface area contributed by atoms with Gasteiger partial charge in [-0.2, -0.15) is 0 Å². The maximum absolute atomic E-state index is 14.3. The molecule has 0 bridgehead atoms. The fourth-order valence-corrected chi connectivity index (χ4v) is 9.62. The number of aromatic nitrogens is 3. The Morgan fingerprint density at radius 1 is 0.561 bits per heavy atom. The van der Waals surface area contributed by atoms with Crippen molar-refractivity contribution in [3.8, 4) is 45.4 Å². The molecule has 0 atom stereocenters. The Morgan fingerprint density at radius 3 is 1.50 bits per heavy atom. The quantitative estimate of drug-likeness (QED) is 0.0441. The van der Waals surface area contributed by atoms with Crippen LogP contribution in [0.15, 0.2) is 96.4 Å². The van der Waals surface area contributed by atoms with E-state index in [9.17, 15) is 73.5 Å². The van der Waals surface area contributed by atoms with Gasteiger partial charge in [-0.05, 0) is 82.0 Å². The molecule has 0 saturated carbocycles. The van der Waals surface area contributed by atoms with Gasteiger partial charge in [0, 0.05) is 122 Å². The van der Waals surface area contributed by atoms with Gasteiger partial charge in [-0.15, -0.1) is 5.75 Å². The lowest BCUT2D eigenvalue weighted by Crippen LogP contribution is -2.51. The second-order valence-electron chi connectivity index (χ2n) is 20.0. The van der Waals surface area contributed by atoms with Crippen LogP contribution in [0.2, 0.25) is 0 Å². The van der Waals surface area contributed by atoms with Crippen molar-refractivity contribution < 1.29 is 58.7 Å². The van der Waals surface area contributed by atoms with Gasteiger partial charge in [0.05, 0.1) is 42.3 Å². The van der Waals surface area contributed by atoms with E-state index in [4.69, 9.17) is 4.42 Å². The number of fused-ring (bicyclic) bond motifs is 2. The number of carbonyl (C=O) groups is 6. The molecule has 0 fully saturated rings. The number of nitrogens with zero attached hydrogens (tertiary/aromatic N) is 3. The van der Waals surface area contributed by atoms with Crippen LogP contribution in [-0.2, 0) is 60.0 Å². The minimum absolute atomic E-state index is 0.0436. The van der Waals surface area contributed by atoms with Crippen LogP contribution >= 0.6 is 0 Å². The van der Waals surface area contributed by atoms with Gasteiger partial charge in [-0.1, -0.05) is 12.1 Å². The number of rotatable bonds is 22. The zero-order valence-corrected chi connectivity index (χ0v) is 45.7. The van der Waals surface area contributed by atoms with Gasteiger partial charge in [-0.3, -0.25) is 43.2 Å². The molecule has 0 unspecified atom stereocenters. The van der Waals surface area contributed by atoms with Crippen LogP contribution in [0, 0.1) is 20.8 Å². The number of aryl methyl sites for hydroxylation is 3. The molecule has 24 heteroatoms. The van der Waals surface area contributed by atoms with E-state index in [0.717, 1.165) is 0 Å². The molecule has 9 N–H and O–H groups in total. The van der Waals surface area contributed by atoms with Crippen molar-refractivity contribution in [2.75, 3.05) is 6.54 Å². The fourth-order valence-electron chi connectivity index (χ4n) is 9.62. The summed E-state index contributed by atoms with van der Waals surface area (Å²) in [6, 6.07) is 15.2. The van der Waals surface area contributed by atoms with E-state index in [2.05, 4.69) is 26.6 Å². The number of benzene rings is 3. The number of carbonyl (C=O) groups excluding carboxylic acids is 5. The zero-order valence-electron chi connectivity index (χ0n) is 45.7. The van der Waals surface area contributed by atoms with Crippen molar-refractivity contribution in [2.24, 2.45) is 21.1 Å². The van der Waals surface area contributed by atoms with Crippen LogP contribution in [0.3, 0.4) is 0 Å². The van der Waals surface area contributed by atoms with Crippen LogP contribution < -0.4 is 53.4 Å². The number of carboxylic acid groups (broad SMARTS) is 1. The first-order valence-electron chi connectivity index (χ1n) is 25.9. The highest BCUT2D eigenvalue weighted by Gasteiger charge is 2.34. The summed E-state index contributed by atoms with van der Waals surface area (Å²) in [6.45, 7) is 3.71. The van der Waals surface area contributed by atoms with Crippen molar-refractivity contribution >= 4 is 46.5 Å². The maximum Gasteiger partial charge on any atom is 0.336 e. The van der Waals surface area contributed by atoms with Crippen molar-refractivity contribution in [1.29, 1.82) is 0 Å². The number of carboxylic acids is 1. The lowest BCUT2D eigenvalue weighted by Gasteiger charge is -2.35. The Hall–Kier alpha value is -10.0. The predicted octanol–water partition coefficient (Wildman–Crippen LogP) is 2.74. The molecule has 0 spiro atoms. The number of hydrogen-bond acceptors (Lipinski definition) is 15. The second-order valence-corrected chi connectivity index (χ2v) is 20.0. The topological polar surface area (TPSA) is 363 Å². The summed E-state index contributed by atoms with van der Waals surface area (Å²) in [4.78, 5) is 132. The van der Waals surface area contributed by atoms with E-state index in [0.29, 0.717) is 28.0 Å². The maximum atomic E-state index is 14.3. The summed E-state index contributed by atoms with van der Waals surface area (Å²) in [7, 11) is 4.76. The van der Waals surface area contributed by atoms with E-state index in [1.54, 1.807) is 41.9 Å². The highest BCUT2D eigenvalue weighted by molar-refractivity contribution is 6.09. The van der Waals surface area contributed by atoms with E-state index < -0.39 is 92.2 Å². The summed E-state index contributed by atoms with van der Waals surface area (Å²) >= 11 is 0. The standard InChI is InChI=1S/C58H62N8O16/c1-30-21-43(69)53(76)40(64(30)4)27-60-48(72)13-17-58(18-14-49(73)61-28-41-54(77)44(70)22-31(2)65(41)5,19-15-50(74)62-29-42-55(78)45(71)23-32(3)66(42)6)63-51(75)16-20-59-56(79)33-7-10-36(57(80)81)39(24-33)52-37-11-8-34(67)25-46(37)82-47-26-35(68)9-12-38(47)52/h7-12,21-26,67,76-78H,13-20,27-29H2,1-6H3,(H,59,79)(H,60,72)(H,61,73)(H,62,74)(H,63,75)(H,80,81)/p-1. The van der Waals surface area contributed by atoms with Gasteiger partial charge < -0.3 is 70.2 Å². The Balaban J connectivity index is 1.16. The molecular weight excluding hydrogens is 1060 g/mol. The molecule has 0 radical (unpaired) electrons. The number of pyridine rings is 3. The van der Waals surface area contributed by atoms with Crippen LogP contribution in [0.1, 0.15) is 99.8 Å². The van der Waals surface area contributed by atoms with Gasteiger partial charge in [-0.25, -0.2) is 4.79 Å². The van der Waals surface area contributed by atoms with Crippen LogP contribution in [0.4, 0.5) is 0 Å². The second kappa shape index (κ2) is 25.0. The molecule has 82 heavy (non-hydrogen) atoms. The average molecular weight is 1130 g/mol. The molecule has 1 aliphatic carbocycles. The number of aromatic hydroxyl groups is 3. The molecule has 24 nitrogen and oxygen atoms in total. The third kappa shape index (κ3) is 13.5. The number of hydrogen-bond donors (Lipinski definition) is 9. The predicted molar refractivity (Wildman–Crippen MR) is 296 cm³/mol. The zero-order chi connectivity index (χ0) is 59.9. The highest BCUT2D eigenvalue weighted by atomic mass is 16.4. The van der Waals surface area contributed by atoms with Crippen molar-refractivity contribution in [3.05, 3.63) is 159 Å². The van der Waals surface area contributed by atoms with Gasteiger partial charge in [0.15, 0.2) is 22.7 Å². The lowest BCUT2D eigenvalue weighted by molar-refractivity contribution is -0.268. The summed E-state index contributed by atoms with van der Waals surface area (Å²) < 4.78 is 10.4. The average Bonchev–Trinajstić information content (AvgIpc) is 2.13. The Bertz CT molecular complexity index is 3710. The van der Waals surface area contributed by atoms with Gasteiger partial charge in [0.1, 0.15) is 11.3 Å². The summed E-state index contributed by atoms with van der Waals surface area (Å²) in [5.41, 5.74) is -1.80. The lowest BCUT2D eigenvalue weighted by atomic mass is 9.83. The normalized spacial score (nSPS) is 11.3. The SMILES string of the molecule is Cc1cc(=O)c(O)c(CNC(=O)CCC(CCC(=O)NCc2c(O)c(=O)cc(C)n2C)(CCC(=O)NCc2c(O)c(=O)cc(C)n2C)NC(=O)CCNC(=O)c2ccc(C(=O)O)c(-c3c4ccc(=O)cc-4oc4cc([O-])ccc34)c2)n1C. The first-order chi connectivity index (χ1) is 38.8. The summed E-state index contributed by atoms with van der Waals surface area (Å²) in [6.07, 6.45) is -2.17. The van der Waals surface area contributed by atoms with Crippen LogP contribution in [-0.4, -0.2) is 81.7 Å². The fraction of sp³-hybridized carbons (Fsp3) is 0.310.